The third kappa shape index (κ3) is 5.49. The smallest absolute Gasteiger partial charge is 0.171 e. The molecule has 1 heterocycles. The van der Waals surface area contributed by atoms with Gasteiger partial charge in [0.05, 0.1) is 6.54 Å². The van der Waals surface area contributed by atoms with Crippen molar-refractivity contribution in [1.82, 2.24) is 15.1 Å². The van der Waals surface area contributed by atoms with Crippen LogP contribution in [0.25, 0.3) is 0 Å². The van der Waals surface area contributed by atoms with Crippen molar-refractivity contribution < 1.29 is 4.74 Å². The number of halogens is 1. The van der Waals surface area contributed by atoms with Gasteiger partial charge in [0.25, 0.3) is 0 Å². The highest BCUT2D eigenvalue weighted by Gasteiger charge is 2.08. The van der Waals surface area contributed by atoms with Crippen molar-refractivity contribution in [3.8, 4) is 0 Å². The average Bonchev–Trinajstić information content (AvgIpc) is 2.85. The van der Waals surface area contributed by atoms with E-state index < -0.39 is 0 Å². The van der Waals surface area contributed by atoms with Gasteiger partial charge in [-0.05, 0) is 37.2 Å². The number of hydrogen-bond acceptors (Lipinski definition) is 3. The van der Waals surface area contributed by atoms with Crippen molar-refractivity contribution in [2.24, 2.45) is 0 Å². The first-order chi connectivity index (χ1) is 11.1. The number of aromatic nitrogens is 2. The Morgan fingerprint density at radius 1 is 1.39 bits per heavy atom. The Hall–Kier alpha value is -1.63. The van der Waals surface area contributed by atoms with Crippen molar-refractivity contribution >= 4 is 34.7 Å². The Bertz CT molecular complexity index is 659. The second kappa shape index (κ2) is 8.86. The summed E-state index contributed by atoms with van der Waals surface area (Å²) in [6.07, 6.45) is 0.901. The zero-order valence-electron chi connectivity index (χ0n) is 13.3. The van der Waals surface area contributed by atoms with Gasteiger partial charge >= 0.3 is 0 Å². The lowest BCUT2D eigenvalue weighted by Gasteiger charge is -2.08. The Balaban J connectivity index is 1.93. The molecule has 0 fully saturated rings. The van der Waals surface area contributed by atoms with Gasteiger partial charge in [0.1, 0.15) is 0 Å². The summed E-state index contributed by atoms with van der Waals surface area (Å²) in [7, 11) is 1.69. The fourth-order valence-electron chi connectivity index (χ4n) is 2.10. The summed E-state index contributed by atoms with van der Waals surface area (Å²) in [5.74, 6) is 0.721. The van der Waals surface area contributed by atoms with Crippen molar-refractivity contribution in [2.75, 3.05) is 25.6 Å². The molecule has 5 nitrogen and oxygen atoms in total. The standard InChI is InChI=1S/C16H21ClN4OS/c1-12-10-15(19-16(23)18-8-5-9-22-2)20-21(12)11-13-6-3-4-7-14(13)17/h3-4,6-7,10H,5,8-9,11H2,1-2H3,(H2,18,19,20,23). The van der Waals surface area contributed by atoms with Gasteiger partial charge in [-0.15, -0.1) is 0 Å². The number of hydrogen-bond donors (Lipinski definition) is 2. The molecule has 2 N–H and O–H groups in total. The van der Waals surface area contributed by atoms with E-state index in [-0.39, 0.29) is 0 Å². The molecule has 1 aromatic carbocycles. The Labute approximate surface area is 147 Å². The van der Waals surface area contributed by atoms with Crippen LogP contribution >= 0.6 is 23.8 Å². The van der Waals surface area contributed by atoms with Crippen LogP contribution < -0.4 is 10.6 Å². The molecule has 1 aromatic heterocycles. The normalized spacial score (nSPS) is 10.6. The zero-order chi connectivity index (χ0) is 16.7. The number of nitrogens with zero attached hydrogens (tertiary/aromatic N) is 2. The largest absolute Gasteiger partial charge is 0.385 e. The molecule has 2 rings (SSSR count). The number of aryl methyl sites for hydroxylation is 1. The molecule has 0 spiro atoms. The molecule has 0 aliphatic heterocycles. The first-order valence-electron chi connectivity index (χ1n) is 7.42. The fourth-order valence-corrected chi connectivity index (χ4v) is 2.50. The maximum absolute atomic E-state index is 6.20. The van der Waals surface area contributed by atoms with Gasteiger partial charge in [0.2, 0.25) is 0 Å². The summed E-state index contributed by atoms with van der Waals surface area (Å²) in [6, 6.07) is 9.73. The minimum atomic E-state index is 0.559. The van der Waals surface area contributed by atoms with Crippen molar-refractivity contribution in [3.63, 3.8) is 0 Å². The van der Waals surface area contributed by atoms with Gasteiger partial charge in [0, 0.05) is 37.0 Å². The number of thiocarbonyl (C=S) groups is 1. The molecule has 2 aromatic rings. The molecule has 0 saturated heterocycles. The minimum Gasteiger partial charge on any atom is -0.385 e. The van der Waals surface area contributed by atoms with Gasteiger partial charge < -0.3 is 15.4 Å². The minimum absolute atomic E-state index is 0.559. The van der Waals surface area contributed by atoms with E-state index in [1.54, 1.807) is 7.11 Å². The number of methoxy groups -OCH3 is 1. The first kappa shape index (κ1) is 17.7. The van der Waals surface area contributed by atoms with Crippen LogP contribution in [0, 0.1) is 6.92 Å². The maximum atomic E-state index is 6.20. The van der Waals surface area contributed by atoms with E-state index in [1.807, 2.05) is 41.9 Å². The number of nitrogens with one attached hydrogen (secondary N) is 2. The lowest BCUT2D eigenvalue weighted by atomic mass is 10.2. The molecule has 0 bridgehead atoms. The van der Waals surface area contributed by atoms with E-state index in [0.717, 1.165) is 35.1 Å². The van der Waals surface area contributed by atoms with E-state index in [2.05, 4.69) is 15.7 Å². The van der Waals surface area contributed by atoms with Crippen LogP contribution in [0.3, 0.4) is 0 Å². The summed E-state index contributed by atoms with van der Waals surface area (Å²) in [5.41, 5.74) is 2.07. The number of ether oxygens (including phenoxy) is 1. The van der Waals surface area contributed by atoms with Gasteiger partial charge in [0.15, 0.2) is 10.9 Å². The van der Waals surface area contributed by atoms with E-state index in [0.29, 0.717) is 18.3 Å². The number of anilines is 1. The second-order valence-electron chi connectivity index (χ2n) is 5.15. The molecule has 0 aliphatic rings. The summed E-state index contributed by atoms with van der Waals surface area (Å²) >= 11 is 11.5. The van der Waals surface area contributed by atoms with E-state index in [4.69, 9.17) is 28.6 Å². The van der Waals surface area contributed by atoms with Crippen LogP contribution in [-0.2, 0) is 11.3 Å². The molecular formula is C16H21ClN4OS. The van der Waals surface area contributed by atoms with Crippen LogP contribution in [0.5, 0.6) is 0 Å². The third-order valence-electron chi connectivity index (χ3n) is 3.31. The third-order valence-corrected chi connectivity index (χ3v) is 3.93. The molecule has 0 radical (unpaired) electrons. The summed E-state index contributed by atoms with van der Waals surface area (Å²) in [4.78, 5) is 0. The Morgan fingerprint density at radius 3 is 2.91 bits per heavy atom. The second-order valence-corrected chi connectivity index (χ2v) is 5.96. The molecule has 0 atom stereocenters. The molecule has 0 saturated carbocycles. The maximum Gasteiger partial charge on any atom is 0.171 e. The topological polar surface area (TPSA) is 51.1 Å². The van der Waals surface area contributed by atoms with Gasteiger partial charge in [-0.2, -0.15) is 5.10 Å². The number of benzene rings is 1. The molecule has 23 heavy (non-hydrogen) atoms. The SMILES string of the molecule is COCCCNC(=S)Nc1cc(C)n(Cc2ccccc2Cl)n1. The Kier molecular flexibility index (Phi) is 6.83. The van der Waals surface area contributed by atoms with Crippen molar-refractivity contribution in [2.45, 2.75) is 19.9 Å². The molecule has 0 aliphatic carbocycles. The lowest BCUT2D eigenvalue weighted by molar-refractivity contribution is 0.196. The van der Waals surface area contributed by atoms with Crippen LogP contribution in [0.1, 0.15) is 17.7 Å². The highest BCUT2D eigenvalue weighted by Crippen LogP contribution is 2.18. The van der Waals surface area contributed by atoms with E-state index in [9.17, 15) is 0 Å². The van der Waals surface area contributed by atoms with E-state index in [1.165, 1.54) is 0 Å². The summed E-state index contributed by atoms with van der Waals surface area (Å²) in [5, 5.41) is 12.0. The van der Waals surface area contributed by atoms with Crippen LogP contribution in [0.4, 0.5) is 5.82 Å². The van der Waals surface area contributed by atoms with Crippen LogP contribution in [-0.4, -0.2) is 35.2 Å². The highest BCUT2D eigenvalue weighted by molar-refractivity contribution is 7.80. The molecule has 0 unspecified atom stereocenters. The van der Waals surface area contributed by atoms with Crippen LogP contribution in [0.2, 0.25) is 5.02 Å². The first-order valence-corrected chi connectivity index (χ1v) is 8.20. The predicted molar refractivity (Wildman–Crippen MR) is 98.2 cm³/mol. The van der Waals surface area contributed by atoms with Gasteiger partial charge in [-0.1, -0.05) is 29.8 Å². The lowest BCUT2D eigenvalue weighted by Crippen LogP contribution is -2.30. The van der Waals surface area contributed by atoms with Gasteiger partial charge in [-0.25, -0.2) is 0 Å². The molecule has 124 valence electrons. The van der Waals surface area contributed by atoms with Crippen LogP contribution in [0.15, 0.2) is 30.3 Å². The highest BCUT2D eigenvalue weighted by atomic mass is 35.5. The molecule has 0 amide bonds. The fraction of sp³-hybridized carbons (Fsp3) is 0.375. The summed E-state index contributed by atoms with van der Waals surface area (Å²) < 4.78 is 6.90. The number of rotatable bonds is 7. The Morgan fingerprint density at radius 2 is 2.17 bits per heavy atom. The quantitative estimate of drug-likeness (QED) is 0.592. The summed E-state index contributed by atoms with van der Waals surface area (Å²) in [6.45, 7) is 4.10. The van der Waals surface area contributed by atoms with E-state index >= 15 is 0 Å². The zero-order valence-corrected chi connectivity index (χ0v) is 14.9. The van der Waals surface area contributed by atoms with Gasteiger partial charge in [-0.3, -0.25) is 4.68 Å². The van der Waals surface area contributed by atoms with Crippen molar-refractivity contribution in [1.29, 1.82) is 0 Å². The molecule has 7 heteroatoms. The average molecular weight is 353 g/mol. The van der Waals surface area contributed by atoms with Crippen molar-refractivity contribution in [3.05, 3.63) is 46.6 Å². The molecular weight excluding hydrogens is 332 g/mol. The monoisotopic (exact) mass is 352 g/mol. The predicted octanol–water partition coefficient (Wildman–Crippen LogP) is 3.22.